The van der Waals surface area contributed by atoms with Gasteiger partial charge in [0.1, 0.15) is 17.2 Å². The van der Waals surface area contributed by atoms with Crippen LogP contribution in [-0.4, -0.2) is 21.2 Å². The van der Waals surface area contributed by atoms with Gasteiger partial charge in [0.25, 0.3) is 5.91 Å². The number of carbonyl (C=O) groups is 2. The minimum absolute atomic E-state index is 0.0187. The molecule has 2 aromatic heterocycles. The number of anilines is 2. The van der Waals surface area contributed by atoms with Crippen molar-refractivity contribution in [1.82, 2.24) is 9.38 Å². The summed E-state index contributed by atoms with van der Waals surface area (Å²) in [6, 6.07) is 13.5. The van der Waals surface area contributed by atoms with E-state index < -0.39 is 11.7 Å². The van der Waals surface area contributed by atoms with Crippen LogP contribution >= 0.6 is 0 Å². The van der Waals surface area contributed by atoms with E-state index >= 15 is 0 Å². The first-order valence-electron chi connectivity index (χ1n) is 13.0. The molecule has 208 valence electrons. The molecule has 7 nitrogen and oxygen atoms in total. The lowest BCUT2D eigenvalue weighted by Crippen LogP contribution is -2.13. The molecule has 0 saturated heterocycles. The largest absolute Gasteiger partial charge is 0.453 e. The first kappa shape index (κ1) is 27.5. The summed E-state index contributed by atoms with van der Waals surface area (Å²) < 4.78 is 35.4. The monoisotopic (exact) mass is 554 g/mol. The number of nitrogens with one attached hydrogen (secondary N) is 2. The van der Waals surface area contributed by atoms with Gasteiger partial charge in [-0.1, -0.05) is 30.9 Å². The molecule has 0 bridgehead atoms. The van der Waals surface area contributed by atoms with Crippen molar-refractivity contribution >= 4 is 34.5 Å². The molecule has 5 rings (SSSR count). The van der Waals surface area contributed by atoms with Crippen LogP contribution in [0.3, 0.4) is 0 Å². The fourth-order valence-corrected chi connectivity index (χ4v) is 3.99. The van der Waals surface area contributed by atoms with Crippen LogP contribution in [-0.2, 0) is 9.59 Å². The van der Waals surface area contributed by atoms with Crippen molar-refractivity contribution in [2.75, 3.05) is 10.6 Å². The number of aromatic nitrogens is 2. The Hall–Kier alpha value is -5.05. The van der Waals surface area contributed by atoms with Gasteiger partial charge in [-0.3, -0.25) is 9.59 Å². The van der Waals surface area contributed by atoms with Crippen LogP contribution in [0.1, 0.15) is 32.3 Å². The first-order chi connectivity index (χ1) is 19.7. The second-order valence-corrected chi connectivity index (χ2v) is 9.91. The van der Waals surface area contributed by atoms with Crippen molar-refractivity contribution in [2.24, 2.45) is 5.92 Å². The molecular weight excluding hydrogens is 526 g/mol. The van der Waals surface area contributed by atoms with Crippen LogP contribution in [0.15, 0.2) is 96.9 Å². The fourth-order valence-electron chi connectivity index (χ4n) is 3.99. The average Bonchev–Trinajstić information content (AvgIpc) is 3.73. The molecular formula is C32H28F2N4O3. The second-order valence-electron chi connectivity index (χ2n) is 9.91. The molecule has 41 heavy (non-hydrogen) atoms. The third kappa shape index (κ3) is 6.75. The molecule has 9 heteroatoms. The zero-order chi connectivity index (χ0) is 29.1. The van der Waals surface area contributed by atoms with E-state index in [0.717, 1.165) is 24.0 Å². The number of imidazole rings is 1. The standard InChI is InChI=1S/C32H28F2N4O3/c1-19(21(3)22-8-10-24(33)11-9-22)4-5-20(2)31(39)35-25-12-14-28(27(34)16-25)41-26-13-15-30-36-29(18-38(30)17-26)37-32(40)23-6-7-23/h4-5,8-18,23H,3,6-7H2,1-2H3,(H,35,39)(H,37,40)/b19-4-,20-5+. The summed E-state index contributed by atoms with van der Waals surface area (Å²) in [4.78, 5) is 29.0. The third-order valence-corrected chi connectivity index (χ3v) is 6.65. The lowest BCUT2D eigenvalue weighted by molar-refractivity contribution is -0.117. The smallest absolute Gasteiger partial charge is 0.251 e. The SMILES string of the molecule is C=C(/C(C)=C\C=C(/C)C(=O)Nc1ccc(Oc2ccc3nc(NC(=O)C4CC4)cn3c2)c(F)c1)c1ccc(F)cc1. The number of fused-ring (bicyclic) bond motifs is 1. The van der Waals surface area contributed by atoms with Crippen molar-refractivity contribution in [1.29, 1.82) is 0 Å². The van der Waals surface area contributed by atoms with Crippen molar-refractivity contribution < 1.29 is 23.1 Å². The number of halogens is 2. The van der Waals surface area contributed by atoms with Crippen LogP contribution in [0.5, 0.6) is 11.5 Å². The summed E-state index contributed by atoms with van der Waals surface area (Å²) in [6.45, 7) is 7.52. The van der Waals surface area contributed by atoms with Gasteiger partial charge in [0.2, 0.25) is 5.91 Å². The highest BCUT2D eigenvalue weighted by atomic mass is 19.1. The van der Waals surface area contributed by atoms with Crippen LogP contribution in [0, 0.1) is 17.6 Å². The van der Waals surface area contributed by atoms with Crippen LogP contribution in [0.25, 0.3) is 11.2 Å². The van der Waals surface area contributed by atoms with E-state index in [-0.39, 0.29) is 29.1 Å². The average molecular weight is 555 g/mol. The quantitative estimate of drug-likeness (QED) is 0.168. The van der Waals surface area contributed by atoms with Gasteiger partial charge in [0, 0.05) is 23.2 Å². The number of ether oxygens (including phenoxy) is 1. The maximum absolute atomic E-state index is 14.9. The number of rotatable bonds is 9. The molecule has 2 aromatic carbocycles. The second kappa shape index (κ2) is 11.6. The summed E-state index contributed by atoms with van der Waals surface area (Å²) in [7, 11) is 0. The van der Waals surface area contributed by atoms with Gasteiger partial charge in [-0.15, -0.1) is 0 Å². The van der Waals surface area contributed by atoms with E-state index in [1.165, 1.54) is 24.3 Å². The van der Waals surface area contributed by atoms with E-state index in [0.29, 0.717) is 28.4 Å². The Bertz CT molecular complexity index is 1720. The van der Waals surface area contributed by atoms with E-state index in [4.69, 9.17) is 4.74 Å². The molecule has 0 spiro atoms. The maximum atomic E-state index is 14.9. The Morgan fingerprint density at radius 1 is 0.976 bits per heavy atom. The molecule has 0 radical (unpaired) electrons. The van der Waals surface area contributed by atoms with Gasteiger partial charge >= 0.3 is 0 Å². The van der Waals surface area contributed by atoms with E-state index in [9.17, 15) is 18.4 Å². The lowest BCUT2D eigenvalue weighted by atomic mass is 10.00. The Kier molecular flexibility index (Phi) is 7.78. The number of allylic oxidation sites excluding steroid dienone is 4. The summed E-state index contributed by atoms with van der Waals surface area (Å²) in [5.41, 5.74) is 3.57. The van der Waals surface area contributed by atoms with E-state index in [1.807, 2.05) is 6.92 Å². The molecule has 2 N–H and O–H groups in total. The van der Waals surface area contributed by atoms with Crippen LogP contribution < -0.4 is 15.4 Å². The molecule has 0 aliphatic heterocycles. The minimum Gasteiger partial charge on any atom is -0.453 e. The maximum Gasteiger partial charge on any atom is 0.251 e. The number of amides is 2. The van der Waals surface area contributed by atoms with Crippen molar-refractivity contribution in [2.45, 2.75) is 26.7 Å². The number of carbonyl (C=O) groups excluding carboxylic acids is 2. The van der Waals surface area contributed by atoms with Gasteiger partial charge in [-0.05, 0) is 79.8 Å². The number of nitrogens with zero attached hydrogens (tertiary/aromatic N) is 2. The number of hydrogen-bond acceptors (Lipinski definition) is 4. The van der Waals surface area contributed by atoms with Gasteiger partial charge in [0.15, 0.2) is 17.4 Å². The predicted octanol–water partition coefficient (Wildman–Crippen LogP) is 7.30. The Labute approximate surface area is 235 Å². The molecule has 4 aromatic rings. The highest BCUT2D eigenvalue weighted by molar-refractivity contribution is 6.03. The molecule has 0 atom stereocenters. The third-order valence-electron chi connectivity index (χ3n) is 6.65. The van der Waals surface area contributed by atoms with E-state index in [1.54, 1.807) is 66.2 Å². The number of benzene rings is 2. The van der Waals surface area contributed by atoms with Gasteiger partial charge in [-0.2, -0.15) is 0 Å². The van der Waals surface area contributed by atoms with Crippen molar-refractivity contribution in [3.63, 3.8) is 0 Å². The molecule has 1 aliphatic carbocycles. The zero-order valence-corrected chi connectivity index (χ0v) is 22.6. The number of hydrogen-bond donors (Lipinski definition) is 2. The predicted molar refractivity (Wildman–Crippen MR) is 155 cm³/mol. The molecule has 0 unspecified atom stereocenters. The highest BCUT2D eigenvalue weighted by Gasteiger charge is 2.30. The Balaban J connectivity index is 1.21. The first-order valence-corrected chi connectivity index (χ1v) is 13.0. The molecule has 2 amide bonds. The van der Waals surface area contributed by atoms with Crippen molar-refractivity contribution in [3.8, 4) is 11.5 Å². The Morgan fingerprint density at radius 2 is 1.71 bits per heavy atom. The zero-order valence-electron chi connectivity index (χ0n) is 22.6. The van der Waals surface area contributed by atoms with Gasteiger partial charge in [0.05, 0.1) is 12.4 Å². The van der Waals surface area contributed by atoms with Crippen LogP contribution in [0.2, 0.25) is 0 Å². The number of pyridine rings is 1. The highest BCUT2D eigenvalue weighted by Crippen LogP contribution is 2.31. The molecule has 1 saturated carbocycles. The molecule has 2 heterocycles. The Morgan fingerprint density at radius 3 is 2.41 bits per heavy atom. The molecule has 1 aliphatic rings. The minimum atomic E-state index is -0.654. The summed E-state index contributed by atoms with van der Waals surface area (Å²) >= 11 is 0. The fraction of sp³-hybridized carbons (Fsp3) is 0.156. The van der Waals surface area contributed by atoms with Gasteiger partial charge < -0.3 is 19.8 Å². The summed E-state index contributed by atoms with van der Waals surface area (Å²) in [5.74, 6) is -0.558. The molecule has 1 fully saturated rings. The van der Waals surface area contributed by atoms with Gasteiger partial charge in [-0.25, -0.2) is 13.8 Å². The summed E-state index contributed by atoms with van der Waals surface area (Å²) in [6.07, 6.45) is 8.49. The van der Waals surface area contributed by atoms with Crippen LogP contribution in [0.4, 0.5) is 20.3 Å². The normalized spacial score (nSPS) is 13.7. The van der Waals surface area contributed by atoms with E-state index in [2.05, 4.69) is 22.2 Å². The lowest BCUT2D eigenvalue weighted by Gasteiger charge is -2.10. The topological polar surface area (TPSA) is 84.7 Å². The van der Waals surface area contributed by atoms with Crippen molar-refractivity contribution in [3.05, 3.63) is 114 Å². The summed E-state index contributed by atoms with van der Waals surface area (Å²) in [5, 5.41) is 5.48.